The summed E-state index contributed by atoms with van der Waals surface area (Å²) in [5.41, 5.74) is 1.64. The van der Waals surface area contributed by atoms with Crippen LogP contribution in [-0.2, 0) is 0 Å². The van der Waals surface area contributed by atoms with Gasteiger partial charge in [-0.25, -0.2) is 9.59 Å². The molecule has 0 amide bonds. The molecule has 4 aromatic carbocycles. The summed E-state index contributed by atoms with van der Waals surface area (Å²) in [7, 11) is 2.69. The molecule has 32 heavy (non-hydrogen) atoms. The summed E-state index contributed by atoms with van der Waals surface area (Å²) in [4.78, 5) is 24.7. The lowest BCUT2D eigenvalue weighted by Crippen LogP contribution is -2.17. The van der Waals surface area contributed by atoms with Crippen LogP contribution in [0.3, 0.4) is 0 Å². The van der Waals surface area contributed by atoms with E-state index in [1.807, 2.05) is 24.3 Å². The van der Waals surface area contributed by atoms with E-state index in [1.165, 1.54) is 23.0 Å². The number of hydrogen-bond donors (Lipinski definition) is 0. The van der Waals surface area contributed by atoms with Gasteiger partial charge in [0.25, 0.3) is 0 Å². The number of carbonyl (C=O) groups is 2. The molecule has 0 saturated heterocycles. The Morgan fingerprint density at radius 1 is 0.562 bits per heavy atom. The van der Waals surface area contributed by atoms with Gasteiger partial charge in [-0.15, -0.1) is 9.24 Å². The van der Waals surface area contributed by atoms with E-state index in [-0.39, 0.29) is 11.1 Å². The maximum absolute atomic E-state index is 12.4. The fourth-order valence-corrected chi connectivity index (χ4v) is 2.93. The van der Waals surface area contributed by atoms with Crippen LogP contribution in [0.25, 0.3) is 0 Å². The standard InChI is InChI=1S/C20H14O4.C7H9P/c21-19(23-15-9-3-1-4-10-15)17-13-7-8-14-18(17)20(22)24-16-11-5-2-6-12-16;1-6-4-2-3-5-7(6)8/h1-14H;2-5H,8H2,1H3. The third-order valence-corrected chi connectivity index (χ3v) is 5.11. The lowest BCUT2D eigenvalue weighted by molar-refractivity contribution is 0.0692. The molecular formula is C27H23O4P. The first-order chi connectivity index (χ1) is 15.5. The molecule has 0 bridgehead atoms. The van der Waals surface area contributed by atoms with Crippen LogP contribution < -0.4 is 14.8 Å². The molecule has 0 fully saturated rings. The number of esters is 2. The summed E-state index contributed by atoms with van der Waals surface area (Å²) in [5.74, 6) is -0.397. The molecule has 0 N–H and O–H groups in total. The quantitative estimate of drug-likeness (QED) is 0.234. The second-order valence-electron chi connectivity index (χ2n) is 6.81. The Labute approximate surface area is 190 Å². The molecule has 5 heteroatoms. The van der Waals surface area contributed by atoms with Gasteiger partial charge >= 0.3 is 11.9 Å². The third-order valence-electron chi connectivity index (χ3n) is 4.46. The largest absolute Gasteiger partial charge is 0.423 e. The van der Waals surface area contributed by atoms with E-state index in [0.29, 0.717) is 11.5 Å². The van der Waals surface area contributed by atoms with Crippen LogP contribution in [0.4, 0.5) is 0 Å². The van der Waals surface area contributed by atoms with E-state index in [9.17, 15) is 9.59 Å². The van der Waals surface area contributed by atoms with E-state index in [1.54, 1.807) is 60.7 Å². The molecule has 4 rings (SSSR count). The summed E-state index contributed by atoms with van der Waals surface area (Å²) in [6, 6.07) is 32.0. The summed E-state index contributed by atoms with van der Waals surface area (Å²) in [5, 5.41) is 1.28. The zero-order valence-electron chi connectivity index (χ0n) is 17.6. The van der Waals surface area contributed by atoms with Gasteiger partial charge in [-0.05, 0) is 54.2 Å². The van der Waals surface area contributed by atoms with E-state index < -0.39 is 11.9 Å². The van der Waals surface area contributed by atoms with Crippen LogP contribution in [0.1, 0.15) is 26.3 Å². The Balaban J connectivity index is 0.000000305. The Morgan fingerprint density at radius 3 is 1.31 bits per heavy atom. The van der Waals surface area contributed by atoms with Crippen molar-refractivity contribution in [3.05, 3.63) is 126 Å². The van der Waals surface area contributed by atoms with Gasteiger partial charge < -0.3 is 9.47 Å². The SMILES string of the molecule is Cc1ccccc1P.O=C(Oc1ccccc1)c1ccccc1C(=O)Oc1ccccc1. The summed E-state index contributed by atoms with van der Waals surface area (Å²) >= 11 is 0. The van der Waals surface area contributed by atoms with Gasteiger partial charge in [0, 0.05) is 0 Å². The van der Waals surface area contributed by atoms with E-state index in [2.05, 4.69) is 28.3 Å². The lowest BCUT2D eigenvalue weighted by atomic mass is 10.1. The molecule has 0 aromatic heterocycles. The van der Waals surface area contributed by atoms with Crippen molar-refractivity contribution >= 4 is 26.5 Å². The highest BCUT2D eigenvalue weighted by molar-refractivity contribution is 7.27. The third kappa shape index (κ3) is 6.63. The second-order valence-corrected chi connectivity index (χ2v) is 7.43. The van der Waals surface area contributed by atoms with Crippen molar-refractivity contribution in [3.63, 3.8) is 0 Å². The smallest absolute Gasteiger partial charge is 0.344 e. The Hall–Kier alpha value is -3.75. The van der Waals surface area contributed by atoms with Crippen molar-refractivity contribution in [2.24, 2.45) is 0 Å². The van der Waals surface area contributed by atoms with Gasteiger partial charge in [0.2, 0.25) is 0 Å². The van der Waals surface area contributed by atoms with Crippen molar-refractivity contribution in [1.29, 1.82) is 0 Å². The van der Waals surface area contributed by atoms with Crippen LogP contribution in [0.5, 0.6) is 11.5 Å². The second kappa shape index (κ2) is 11.6. The monoisotopic (exact) mass is 442 g/mol. The minimum atomic E-state index is -0.609. The number of hydrogen-bond acceptors (Lipinski definition) is 4. The molecule has 0 radical (unpaired) electrons. The van der Waals surface area contributed by atoms with Crippen molar-refractivity contribution in [1.82, 2.24) is 0 Å². The number of para-hydroxylation sites is 2. The molecule has 0 spiro atoms. The molecule has 0 heterocycles. The van der Waals surface area contributed by atoms with Crippen LogP contribution in [0.2, 0.25) is 0 Å². The predicted molar refractivity (Wildman–Crippen MR) is 130 cm³/mol. The van der Waals surface area contributed by atoms with Crippen molar-refractivity contribution in [3.8, 4) is 11.5 Å². The average Bonchev–Trinajstić information content (AvgIpc) is 2.83. The topological polar surface area (TPSA) is 52.6 Å². The maximum atomic E-state index is 12.4. The van der Waals surface area contributed by atoms with Crippen LogP contribution in [0.15, 0.2) is 109 Å². The fraction of sp³-hybridized carbons (Fsp3) is 0.0370. The molecule has 0 aliphatic rings. The predicted octanol–water partition coefficient (Wildman–Crippen LogP) is 5.62. The number of carbonyl (C=O) groups excluding carboxylic acids is 2. The van der Waals surface area contributed by atoms with Gasteiger partial charge in [0.05, 0.1) is 11.1 Å². The zero-order valence-corrected chi connectivity index (χ0v) is 18.8. The number of benzene rings is 4. The molecule has 0 saturated carbocycles. The minimum Gasteiger partial charge on any atom is -0.423 e. The van der Waals surface area contributed by atoms with Crippen LogP contribution in [0, 0.1) is 6.92 Å². The zero-order chi connectivity index (χ0) is 22.8. The first-order valence-corrected chi connectivity index (χ1v) is 10.6. The molecule has 4 nitrogen and oxygen atoms in total. The first-order valence-electron chi connectivity index (χ1n) is 9.99. The summed E-state index contributed by atoms with van der Waals surface area (Å²) in [6.07, 6.45) is 0. The molecular weight excluding hydrogens is 419 g/mol. The van der Waals surface area contributed by atoms with Crippen molar-refractivity contribution in [2.75, 3.05) is 0 Å². The van der Waals surface area contributed by atoms with Crippen LogP contribution >= 0.6 is 9.24 Å². The van der Waals surface area contributed by atoms with Crippen molar-refractivity contribution < 1.29 is 19.1 Å². The first kappa shape index (κ1) is 22.9. The average molecular weight is 442 g/mol. The summed E-state index contributed by atoms with van der Waals surface area (Å²) < 4.78 is 10.6. The van der Waals surface area contributed by atoms with Crippen LogP contribution in [-0.4, -0.2) is 11.9 Å². The van der Waals surface area contributed by atoms with E-state index in [4.69, 9.17) is 9.47 Å². The van der Waals surface area contributed by atoms with Gasteiger partial charge in [-0.1, -0.05) is 72.8 Å². The number of ether oxygens (including phenoxy) is 2. The van der Waals surface area contributed by atoms with E-state index >= 15 is 0 Å². The fourth-order valence-electron chi connectivity index (χ4n) is 2.73. The minimum absolute atomic E-state index is 0.155. The molecule has 0 aliphatic carbocycles. The number of aryl methyl sites for hydroxylation is 1. The highest BCUT2D eigenvalue weighted by Gasteiger charge is 2.20. The summed E-state index contributed by atoms with van der Waals surface area (Å²) in [6.45, 7) is 2.10. The van der Waals surface area contributed by atoms with Gasteiger partial charge in [0.15, 0.2) is 0 Å². The van der Waals surface area contributed by atoms with Crippen molar-refractivity contribution in [2.45, 2.75) is 6.92 Å². The Kier molecular flexibility index (Phi) is 8.30. The van der Waals surface area contributed by atoms with Gasteiger partial charge in [0.1, 0.15) is 11.5 Å². The van der Waals surface area contributed by atoms with Gasteiger partial charge in [-0.3, -0.25) is 0 Å². The highest BCUT2D eigenvalue weighted by atomic mass is 31.0. The molecule has 0 aliphatic heterocycles. The Morgan fingerprint density at radius 2 is 0.938 bits per heavy atom. The normalized spacial score (nSPS) is 9.81. The molecule has 160 valence electrons. The van der Waals surface area contributed by atoms with Gasteiger partial charge in [-0.2, -0.15) is 0 Å². The van der Waals surface area contributed by atoms with E-state index in [0.717, 1.165) is 0 Å². The molecule has 1 atom stereocenters. The molecule has 1 unspecified atom stereocenters. The maximum Gasteiger partial charge on any atom is 0.344 e. The highest BCUT2D eigenvalue weighted by Crippen LogP contribution is 2.17. The Bertz CT molecular complexity index is 1080. The lowest BCUT2D eigenvalue weighted by Gasteiger charge is -2.09. The molecule has 4 aromatic rings. The number of rotatable bonds is 4.